The molecular weight excluding hydrogens is 346 g/mol. The molecule has 1 N–H and O–H groups in total. The largest absolute Gasteiger partial charge is 0.481 e. The monoisotopic (exact) mass is 363 g/mol. The van der Waals surface area contributed by atoms with Crippen LogP contribution in [0, 0.1) is 11.3 Å². The second-order valence-electron chi connectivity index (χ2n) is 5.76. The van der Waals surface area contributed by atoms with E-state index < -0.39 is 5.97 Å². The lowest BCUT2D eigenvalue weighted by molar-refractivity contribution is -0.136. The molecule has 130 valence electrons. The summed E-state index contributed by atoms with van der Waals surface area (Å²) in [4.78, 5) is 11.6. The van der Waals surface area contributed by atoms with Gasteiger partial charge in [0.25, 0.3) is 0 Å². The summed E-state index contributed by atoms with van der Waals surface area (Å²) >= 11 is 1.47. The summed E-state index contributed by atoms with van der Waals surface area (Å²) in [6, 6.07) is 21.5. The van der Waals surface area contributed by atoms with Crippen molar-refractivity contribution in [3.05, 3.63) is 76.7 Å². The van der Waals surface area contributed by atoms with Gasteiger partial charge in [0.05, 0.1) is 18.1 Å². The van der Waals surface area contributed by atoms with Crippen LogP contribution in [0.25, 0.3) is 11.1 Å². The van der Waals surface area contributed by atoms with Crippen molar-refractivity contribution in [2.75, 3.05) is 0 Å². The minimum atomic E-state index is -0.796. The Morgan fingerprint density at radius 3 is 2.77 bits per heavy atom. The van der Waals surface area contributed by atoms with Crippen molar-refractivity contribution < 1.29 is 14.6 Å². The van der Waals surface area contributed by atoms with Crippen molar-refractivity contribution in [3.8, 4) is 22.3 Å². The van der Waals surface area contributed by atoms with Gasteiger partial charge in [0, 0.05) is 4.88 Å². The van der Waals surface area contributed by atoms with Crippen LogP contribution in [-0.2, 0) is 17.8 Å². The van der Waals surface area contributed by atoms with Crippen LogP contribution < -0.4 is 4.74 Å². The van der Waals surface area contributed by atoms with Gasteiger partial charge in [-0.25, -0.2) is 0 Å². The number of hydrogen-bond acceptors (Lipinski definition) is 4. The molecule has 0 saturated carbocycles. The molecule has 0 aliphatic heterocycles. The molecule has 0 amide bonds. The number of carbonyl (C=O) groups is 1. The summed E-state index contributed by atoms with van der Waals surface area (Å²) < 4.78 is 5.83. The minimum absolute atomic E-state index is 0.125. The van der Waals surface area contributed by atoms with E-state index in [9.17, 15) is 10.1 Å². The number of ether oxygens (including phenoxy) is 1. The third kappa shape index (κ3) is 4.50. The third-order valence-electron chi connectivity index (χ3n) is 3.89. The predicted molar refractivity (Wildman–Crippen MR) is 101 cm³/mol. The highest BCUT2D eigenvalue weighted by atomic mass is 32.1. The molecule has 5 heteroatoms. The van der Waals surface area contributed by atoms with Gasteiger partial charge in [-0.1, -0.05) is 36.4 Å². The molecule has 0 saturated heterocycles. The van der Waals surface area contributed by atoms with Gasteiger partial charge in [-0.05, 0) is 47.4 Å². The summed E-state index contributed by atoms with van der Waals surface area (Å²) in [6.07, 6.45) is 0.643. The number of carboxylic acids is 1. The predicted octanol–water partition coefficient (Wildman–Crippen LogP) is 4.88. The average molecular weight is 363 g/mol. The molecule has 0 radical (unpaired) electrons. The van der Waals surface area contributed by atoms with Gasteiger partial charge in [-0.2, -0.15) is 5.26 Å². The van der Waals surface area contributed by atoms with Crippen LogP contribution in [0.15, 0.2) is 60.7 Å². The highest BCUT2D eigenvalue weighted by Crippen LogP contribution is 2.28. The Labute approximate surface area is 155 Å². The third-order valence-corrected chi connectivity index (χ3v) is 4.95. The van der Waals surface area contributed by atoms with Crippen molar-refractivity contribution in [3.63, 3.8) is 0 Å². The topological polar surface area (TPSA) is 70.3 Å². The lowest BCUT2D eigenvalue weighted by atomic mass is 9.99. The van der Waals surface area contributed by atoms with Gasteiger partial charge in [-0.3, -0.25) is 4.79 Å². The van der Waals surface area contributed by atoms with E-state index in [0.717, 1.165) is 26.6 Å². The highest BCUT2D eigenvalue weighted by Gasteiger charge is 2.07. The summed E-state index contributed by atoms with van der Waals surface area (Å²) in [7, 11) is 0. The highest BCUT2D eigenvalue weighted by molar-refractivity contribution is 7.13. The van der Waals surface area contributed by atoms with Crippen LogP contribution in [0.4, 0.5) is 0 Å². The van der Waals surface area contributed by atoms with Crippen LogP contribution in [0.3, 0.4) is 0 Å². The molecule has 26 heavy (non-hydrogen) atoms. The number of benzene rings is 2. The molecule has 2 aromatic carbocycles. The molecule has 0 fully saturated rings. The lowest BCUT2D eigenvalue weighted by Crippen LogP contribution is -1.95. The number of thiophene rings is 1. The fourth-order valence-corrected chi connectivity index (χ4v) is 3.47. The second-order valence-corrected chi connectivity index (χ2v) is 6.89. The average Bonchev–Trinajstić information content (AvgIpc) is 3.13. The number of aliphatic carboxylic acids is 1. The summed E-state index contributed by atoms with van der Waals surface area (Å²) in [5.41, 5.74) is 3.54. The maximum atomic E-state index is 10.6. The number of nitriles is 1. The number of nitrogens with zero attached hydrogens (tertiary/aromatic N) is 1. The van der Waals surface area contributed by atoms with Crippen LogP contribution in [0.5, 0.6) is 5.06 Å². The van der Waals surface area contributed by atoms with Gasteiger partial charge in [0.2, 0.25) is 0 Å². The summed E-state index contributed by atoms with van der Waals surface area (Å²) in [5.74, 6) is -0.796. The van der Waals surface area contributed by atoms with Crippen molar-refractivity contribution in [2.24, 2.45) is 0 Å². The Morgan fingerprint density at radius 1 is 1.12 bits per heavy atom. The van der Waals surface area contributed by atoms with E-state index in [0.29, 0.717) is 18.6 Å². The first-order valence-electron chi connectivity index (χ1n) is 8.17. The van der Waals surface area contributed by atoms with Crippen molar-refractivity contribution in [2.45, 2.75) is 19.4 Å². The molecule has 3 rings (SSSR count). The van der Waals surface area contributed by atoms with Crippen molar-refractivity contribution in [1.82, 2.24) is 0 Å². The zero-order chi connectivity index (χ0) is 18.4. The molecule has 4 nitrogen and oxygen atoms in total. The number of hydrogen-bond donors (Lipinski definition) is 1. The molecule has 3 aromatic rings. The molecular formula is C21H17NO3S. The van der Waals surface area contributed by atoms with Crippen LogP contribution in [-0.4, -0.2) is 11.1 Å². The zero-order valence-corrected chi connectivity index (χ0v) is 14.8. The molecule has 0 unspecified atom stereocenters. The van der Waals surface area contributed by atoms with E-state index in [1.165, 1.54) is 11.3 Å². The Bertz CT molecular complexity index is 956. The fourth-order valence-electron chi connectivity index (χ4n) is 2.62. The van der Waals surface area contributed by atoms with Crippen molar-refractivity contribution in [1.29, 1.82) is 5.26 Å². The molecule has 0 aliphatic rings. The Balaban J connectivity index is 1.68. The van der Waals surface area contributed by atoms with E-state index in [2.05, 4.69) is 6.07 Å². The first-order valence-corrected chi connectivity index (χ1v) is 8.99. The molecule has 1 heterocycles. The first kappa shape index (κ1) is 17.7. The smallest absolute Gasteiger partial charge is 0.303 e. The van der Waals surface area contributed by atoms with Crippen molar-refractivity contribution >= 4 is 17.3 Å². The van der Waals surface area contributed by atoms with E-state index in [-0.39, 0.29) is 6.42 Å². The molecule has 0 atom stereocenters. The quantitative estimate of drug-likeness (QED) is 0.649. The molecule has 1 aromatic heterocycles. The maximum absolute atomic E-state index is 10.6. The van der Waals surface area contributed by atoms with E-state index in [4.69, 9.17) is 9.84 Å². The standard InChI is InChI=1S/C21H17NO3S/c22-13-17-5-1-2-7-19(17)16-6-3-4-15(12-16)14-25-21-11-9-18(26-21)8-10-20(23)24/h1-7,9,11-12H,8,10,14H2,(H,23,24). The number of carboxylic acid groups (broad SMARTS) is 1. The van der Waals surface area contributed by atoms with Crippen LogP contribution >= 0.6 is 11.3 Å². The van der Waals surface area contributed by atoms with Gasteiger partial charge < -0.3 is 9.84 Å². The Kier molecular flexibility index (Phi) is 5.67. The SMILES string of the molecule is N#Cc1ccccc1-c1cccc(COc2ccc(CCC(=O)O)s2)c1. The van der Waals surface area contributed by atoms with E-state index in [1.54, 1.807) is 0 Å². The number of aryl methyl sites for hydroxylation is 1. The van der Waals surface area contributed by atoms with Gasteiger partial charge in [0.15, 0.2) is 5.06 Å². The zero-order valence-electron chi connectivity index (χ0n) is 14.0. The fraction of sp³-hybridized carbons (Fsp3) is 0.143. The lowest BCUT2D eigenvalue weighted by Gasteiger charge is -2.08. The van der Waals surface area contributed by atoms with Gasteiger partial charge >= 0.3 is 5.97 Å². The molecule has 0 spiro atoms. The molecule has 0 aliphatic carbocycles. The van der Waals surface area contributed by atoms with Crippen LogP contribution in [0.1, 0.15) is 22.4 Å². The molecule has 0 bridgehead atoms. The second kappa shape index (κ2) is 8.32. The number of rotatable bonds is 7. The maximum Gasteiger partial charge on any atom is 0.303 e. The van der Waals surface area contributed by atoms with Gasteiger partial charge in [-0.15, -0.1) is 11.3 Å². The normalized spacial score (nSPS) is 10.3. The Morgan fingerprint density at radius 2 is 1.96 bits per heavy atom. The first-order chi connectivity index (χ1) is 12.7. The minimum Gasteiger partial charge on any atom is -0.481 e. The van der Waals surface area contributed by atoms with Crippen LogP contribution in [0.2, 0.25) is 0 Å². The summed E-state index contributed by atoms with van der Waals surface area (Å²) in [6.45, 7) is 0.418. The van der Waals surface area contributed by atoms with E-state index in [1.807, 2.05) is 60.7 Å². The summed E-state index contributed by atoms with van der Waals surface area (Å²) in [5, 5.41) is 18.8. The van der Waals surface area contributed by atoms with Gasteiger partial charge in [0.1, 0.15) is 6.61 Å². The Hall–Kier alpha value is -3.10. The van der Waals surface area contributed by atoms with E-state index >= 15 is 0 Å².